The zero-order chi connectivity index (χ0) is 14.9. The van der Waals surface area contributed by atoms with Crippen LogP contribution in [0.2, 0.25) is 15.1 Å². The van der Waals surface area contributed by atoms with Crippen LogP contribution in [0.1, 0.15) is 11.1 Å². The Bertz CT molecular complexity index is 638. The Balaban J connectivity index is 1.75. The molecular formula is C16H14Cl3NO. The number of hydrogen-bond donors (Lipinski definition) is 1. The van der Waals surface area contributed by atoms with Gasteiger partial charge in [-0.1, -0.05) is 53.0 Å². The van der Waals surface area contributed by atoms with E-state index in [9.17, 15) is 0 Å². The molecule has 110 valence electrons. The molecule has 1 aliphatic heterocycles. The molecule has 21 heavy (non-hydrogen) atoms. The number of ether oxygens (including phenoxy) is 1. The monoisotopic (exact) mass is 341 g/mol. The van der Waals surface area contributed by atoms with E-state index >= 15 is 0 Å². The van der Waals surface area contributed by atoms with Gasteiger partial charge in [-0.2, -0.15) is 0 Å². The van der Waals surface area contributed by atoms with E-state index in [1.807, 2.05) is 36.4 Å². The first-order valence-corrected chi connectivity index (χ1v) is 7.77. The molecule has 2 aromatic carbocycles. The summed E-state index contributed by atoms with van der Waals surface area (Å²) in [5, 5.41) is 5.09. The Morgan fingerprint density at radius 1 is 0.952 bits per heavy atom. The molecule has 0 atom stereocenters. The van der Waals surface area contributed by atoms with E-state index in [-0.39, 0.29) is 5.60 Å². The number of hydrogen-bond acceptors (Lipinski definition) is 2. The lowest BCUT2D eigenvalue weighted by Crippen LogP contribution is -2.58. The number of rotatable bonds is 4. The van der Waals surface area contributed by atoms with Gasteiger partial charge in [-0.25, -0.2) is 0 Å². The van der Waals surface area contributed by atoms with Gasteiger partial charge < -0.3 is 10.1 Å². The zero-order valence-electron chi connectivity index (χ0n) is 11.2. The van der Waals surface area contributed by atoms with Gasteiger partial charge in [0.1, 0.15) is 5.60 Å². The van der Waals surface area contributed by atoms with E-state index in [0.29, 0.717) is 16.7 Å². The fourth-order valence-corrected chi connectivity index (χ4v) is 2.79. The smallest absolute Gasteiger partial charge is 0.118 e. The first kappa shape index (κ1) is 15.1. The quantitative estimate of drug-likeness (QED) is 0.872. The van der Waals surface area contributed by atoms with Crippen LogP contribution >= 0.6 is 34.8 Å². The third kappa shape index (κ3) is 3.20. The Morgan fingerprint density at radius 3 is 2.24 bits per heavy atom. The summed E-state index contributed by atoms with van der Waals surface area (Å²) in [4.78, 5) is 0. The largest absolute Gasteiger partial charge is 0.363 e. The zero-order valence-corrected chi connectivity index (χ0v) is 13.5. The molecule has 0 spiro atoms. The van der Waals surface area contributed by atoms with Crippen molar-refractivity contribution in [3.05, 3.63) is 68.7 Å². The molecule has 1 heterocycles. The van der Waals surface area contributed by atoms with Crippen molar-refractivity contribution in [1.82, 2.24) is 5.32 Å². The molecule has 1 aliphatic rings. The molecule has 0 amide bonds. The molecule has 3 rings (SSSR count). The number of halogens is 3. The molecular weight excluding hydrogens is 329 g/mol. The van der Waals surface area contributed by atoms with E-state index in [1.165, 1.54) is 0 Å². The number of nitrogens with one attached hydrogen (secondary N) is 1. The predicted octanol–water partition coefficient (Wildman–Crippen LogP) is 4.66. The summed E-state index contributed by atoms with van der Waals surface area (Å²) in [6.07, 6.45) is 0. The van der Waals surface area contributed by atoms with Crippen LogP contribution in [0.15, 0.2) is 42.5 Å². The SMILES string of the molecule is Clc1ccc(C2(OCc3ccc(Cl)c(Cl)c3)CNC2)cc1. The average molecular weight is 343 g/mol. The predicted molar refractivity (Wildman–Crippen MR) is 87.3 cm³/mol. The van der Waals surface area contributed by atoms with Gasteiger partial charge in [0.15, 0.2) is 0 Å². The van der Waals surface area contributed by atoms with Gasteiger partial charge in [-0.05, 0) is 35.4 Å². The van der Waals surface area contributed by atoms with Crippen molar-refractivity contribution in [2.24, 2.45) is 0 Å². The highest BCUT2D eigenvalue weighted by Gasteiger charge is 2.39. The van der Waals surface area contributed by atoms with Crippen LogP contribution in [-0.2, 0) is 16.9 Å². The average Bonchev–Trinajstić information content (AvgIpc) is 2.43. The Morgan fingerprint density at radius 2 is 1.67 bits per heavy atom. The first-order valence-electron chi connectivity index (χ1n) is 6.64. The minimum atomic E-state index is -0.295. The van der Waals surface area contributed by atoms with Crippen LogP contribution in [0.5, 0.6) is 0 Å². The van der Waals surface area contributed by atoms with Gasteiger partial charge >= 0.3 is 0 Å². The highest BCUT2D eigenvalue weighted by molar-refractivity contribution is 6.42. The van der Waals surface area contributed by atoms with Crippen molar-refractivity contribution in [2.75, 3.05) is 13.1 Å². The maximum atomic E-state index is 6.17. The van der Waals surface area contributed by atoms with Crippen LogP contribution in [0.3, 0.4) is 0 Å². The normalized spacial score (nSPS) is 16.5. The maximum Gasteiger partial charge on any atom is 0.118 e. The molecule has 0 aliphatic carbocycles. The summed E-state index contributed by atoms with van der Waals surface area (Å²) in [5.41, 5.74) is 1.84. The fourth-order valence-electron chi connectivity index (χ4n) is 2.35. The van der Waals surface area contributed by atoms with Crippen LogP contribution in [-0.4, -0.2) is 13.1 Å². The molecule has 1 N–H and O–H groups in total. The summed E-state index contributed by atoms with van der Waals surface area (Å²) in [5.74, 6) is 0. The van der Waals surface area contributed by atoms with Crippen molar-refractivity contribution in [1.29, 1.82) is 0 Å². The fraction of sp³-hybridized carbons (Fsp3) is 0.250. The highest BCUT2D eigenvalue weighted by Crippen LogP contribution is 2.32. The van der Waals surface area contributed by atoms with Crippen LogP contribution in [0.25, 0.3) is 0 Å². The lowest BCUT2D eigenvalue weighted by atomic mass is 9.88. The Labute approximate surface area is 139 Å². The molecule has 5 heteroatoms. The molecule has 2 aromatic rings. The summed E-state index contributed by atoms with van der Waals surface area (Å²) < 4.78 is 6.17. The molecule has 0 saturated carbocycles. The van der Waals surface area contributed by atoms with E-state index in [4.69, 9.17) is 39.5 Å². The van der Waals surface area contributed by atoms with Gasteiger partial charge in [-0.3, -0.25) is 0 Å². The standard InChI is InChI=1S/C16H14Cl3NO/c17-13-4-2-12(3-5-13)16(9-20-10-16)21-8-11-1-6-14(18)15(19)7-11/h1-7,20H,8-10H2. The third-order valence-corrected chi connectivity index (χ3v) is 4.68. The van der Waals surface area contributed by atoms with Crippen molar-refractivity contribution in [2.45, 2.75) is 12.2 Å². The molecule has 0 radical (unpaired) electrons. The minimum Gasteiger partial charge on any atom is -0.363 e. The second-order valence-electron chi connectivity index (χ2n) is 5.14. The lowest BCUT2D eigenvalue weighted by Gasteiger charge is -2.43. The van der Waals surface area contributed by atoms with Gasteiger partial charge in [0.2, 0.25) is 0 Å². The number of benzene rings is 2. The van der Waals surface area contributed by atoms with E-state index in [0.717, 1.165) is 29.2 Å². The second-order valence-corrected chi connectivity index (χ2v) is 6.39. The molecule has 1 fully saturated rings. The van der Waals surface area contributed by atoms with Crippen molar-refractivity contribution in [3.8, 4) is 0 Å². The van der Waals surface area contributed by atoms with Crippen LogP contribution in [0.4, 0.5) is 0 Å². The molecule has 0 aromatic heterocycles. The van der Waals surface area contributed by atoms with Crippen molar-refractivity contribution in [3.63, 3.8) is 0 Å². The summed E-state index contributed by atoms with van der Waals surface area (Å²) in [6, 6.07) is 13.4. The summed E-state index contributed by atoms with van der Waals surface area (Å²) in [7, 11) is 0. The maximum absolute atomic E-state index is 6.17. The summed E-state index contributed by atoms with van der Waals surface area (Å²) >= 11 is 17.9. The van der Waals surface area contributed by atoms with Crippen molar-refractivity contribution < 1.29 is 4.74 Å². The van der Waals surface area contributed by atoms with E-state index < -0.39 is 0 Å². The first-order chi connectivity index (χ1) is 10.1. The minimum absolute atomic E-state index is 0.295. The van der Waals surface area contributed by atoms with Gasteiger partial charge in [0.05, 0.1) is 16.7 Å². The molecule has 2 nitrogen and oxygen atoms in total. The van der Waals surface area contributed by atoms with E-state index in [2.05, 4.69) is 5.32 Å². The van der Waals surface area contributed by atoms with Crippen LogP contribution < -0.4 is 5.32 Å². The second kappa shape index (κ2) is 6.15. The highest BCUT2D eigenvalue weighted by atomic mass is 35.5. The third-order valence-electron chi connectivity index (χ3n) is 3.69. The van der Waals surface area contributed by atoms with Crippen LogP contribution in [0, 0.1) is 0 Å². The topological polar surface area (TPSA) is 21.3 Å². The molecule has 1 saturated heterocycles. The van der Waals surface area contributed by atoms with E-state index in [1.54, 1.807) is 6.07 Å². The van der Waals surface area contributed by atoms with Crippen molar-refractivity contribution >= 4 is 34.8 Å². The Kier molecular flexibility index (Phi) is 4.43. The van der Waals surface area contributed by atoms with Gasteiger partial charge in [0, 0.05) is 18.1 Å². The Hall–Kier alpha value is -0.770. The molecule has 0 bridgehead atoms. The molecule has 0 unspecified atom stereocenters. The van der Waals surface area contributed by atoms with Gasteiger partial charge in [0.25, 0.3) is 0 Å². The van der Waals surface area contributed by atoms with Gasteiger partial charge in [-0.15, -0.1) is 0 Å². The lowest BCUT2D eigenvalue weighted by molar-refractivity contribution is -0.0968. The summed E-state index contributed by atoms with van der Waals surface area (Å²) in [6.45, 7) is 2.06.